The highest BCUT2D eigenvalue weighted by atomic mass is 19.2. The molecule has 4 atom stereocenters. The second-order valence-corrected chi connectivity index (χ2v) is 6.52. The molecule has 3 rings (SSSR count). The summed E-state index contributed by atoms with van der Waals surface area (Å²) in [6.45, 7) is 0.120. The predicted octanol–water partition coefficient (Wildman–Crippen LogP) is 2.42. The number of nitrogens with one attached hydrogen (secondary N) is 1. The van der Waals surface area contributed by atoms with E-state index in [4.69, 9.17) is 0 Å². The highest BCUT2D eigenvalue weighted by Gasteiger charge is 2.47. The molecular weight excluding hydrogens is 288 g/mol. The van der Waals surface area contributed by atoms with E-state index in [0.717, 1.165) is 31.4 Å². The molecule has 0 spiro atoms. The van der Waals surface area contributed by atoms with Crippen LogP contribution in [0.5, 0.6) is 0 Å². The van der Waals surface area contributed by atoms with Crippen LogP contribution in [-0.2, 0) is 11.2 Å². The number of amides is 1. The first-order valence-corrected chi connectivity index (χ1v) is 7.92. The van der Waals surface area contributed by atoms with Crippen molar-refractivity contribution < 1.29 is 18.7 Å². The normalized spacial score (nSPS) is 29.8. The lowest BCUT2D eigenvalue weighted by Crippen LogP contribution is -2.45. The van der Waals surface area contributed by atoms with Crippen LogP contribution in [0.4, 0.5) is 8.78 Å². The molecule has 0 aliphatic heterocycles. The molecule has 2 aliphatic carbocycles. The van der Waals surface area contributed by atoms with Gasteiger partial charge in [-0.25, -0.2) is 8.78 Å². The number of carbonyl (C=O) groups is 1. The number of hydrogen-bond acceptors (Lipinski definition) is 2. The zero-order valence-electron chi connectivity index (χ0n) is 12.4. The fourth-order valence-electron chi connectivity index (χ4n) is 4.11. The first-order chi connectivity index (χ1) is 10.6. The maximum atomic E-state index is 13.1. The highest BCUT2D eigenvalue weighted by Crippen LogP contribution is 2.48. The van der Waals surface area contributed by atoms with E-state index in [0.29, 0.717) is 23.8 Å². The summed E-state index contributed by atoms with van der Waals surface area (Å²) in [4.78, 5) is 12.1. The Hall–Kier alpha value is -1.49. The number of hydrogen-bond donors (Lipinski definition) is 2. The maximum Gasteiger partial charge on any atom is 0.220 e. The van der Waals surface area contributed by atoms with Crippen molar-refractivity contribution in [1.29, 1.82) is 0 Å². The van der Waals surface area contributed by atoms with E-state index in [-0.39, 0.29) is 30.9 Å². The van der Waals surface area contributed by atoms with Crippen LogP contribution in [0.15, 0.2) is 18.2 Å². The second kappa shape index (κ2) is 6.32. The monoisotopic (exact) mass is 309 g/mol. The third kappa shape index (κ3) is 3.00. The molecule has 2 saturated carbocycles. The average molecular weight is 309 g/mol. The number of benzene rings is 1. The zero-order valence-corrected chi connectivity index (χ0v) is 12.4. The average Bonchev–Trinajstić information content (AvgIpc) is 3.09. The van der Waals surface area contributed by atoms with Gasteiger partial charge in [0, 0.05) is 25.0 Å². The first-order valence-electron chi connectivity index (χ1n) is 7.92. The van der Waals surface area contributed by atoms with Crippen molar-refractivity contribution in [1.82, 2.24) is 5.32 Å². The topological polar surface area (TPSA) is 49.3 Å². The van der Waals surface area contributed by atoms with Gasteiger partial charge in [-0.15, -0.1) is 0 Å². The smallest absolute Gasteiger partial charge is 0.220 e. The lowest BCUT2D eigenvalue weighted by atomic mass is 9.85. The van der Waals surface area contributed by atoms with Crippen LogP contribution in [0.1, 0.15) is 31.2 Å². The Kier molecular flexibility index (Phi) is 4.43. The number of rotatable bonds is 5. The van der Waals surface area contributed by atoms with Crippen LogP contribution < -0.4 is 5.32 Å². The molecule has 0 heterocycles. The van der Waals surface area contributed by atoms with Gasteiger partial charge >= 0.3 is 0 Å². The number of aliphatic hydroxyl groups is 1. The highest BCUT2D eigenvalue weighted by molar-refractivity contribution is 5.76. The molecule has 22 heavy (non-hydrogen) atoms. The van der Waals surface area contributed by atoms with Crippen LogP contribution in [0.2, 0.25) is 0 Å². The SMILES string of the molecule is O=C(CCc1ccc(F)c(F)c1)NC1C2CCC(C2)C1CO. The largest absolute Gasteiger partial charge is 0.396 e. The summed E-state index contributed by atoms with van der Waals surface area (Å²) in [6.07, 6.45) is 4.00. The number of carbonyl (C=O) groups excluding carboxylic acids is 1. The maximum absolute atomic E-state index is 13.1. The van der Waals surface area contributed by atoms with Crippen LogP contribution >= 0.6 is 0 Å². The van der Waals surface area contributed by atoms with Gasteiger partial charge in [-0.2, -0.15) is 0 Å². The van der Waals surface area contributed by atoms with Gasteiger partial charge in [-0.1, -0.05) is 6.07 Å². The fourth-order valence-corrected chi connectivity index (χ4v) is 4.11. The van der Waals surface area contributed by atoms with Crippen LogP contribution in [0, 0.1) is 29.4 Å². The third-order valence-corrected chi connectivity index (χ3v) is 5.25. The lowest BCUT2D eigenvalue weighted by molar-refractivity contribution is -0.122. The van der Waals surface area contributed by atoms with Gasteiger partial charge in [0.25, 0.3) is 0 Å². The van der Waals surface area contributed by atoms with Crippen LogP contribution in [-0.4, -0.2) is 23.7 Å². The molecule has 4 unspecified atom stereocenters. The van der Waals surface area contributed by atoms with Crippen LogP contribution in [0.3, 0.4) is 0 Å². The minimum absolute atomic E-state index is 0.0706. The van der Waals surface area contributed by atoms with Gasteiger partial charge in [0.15, 0.2) is 11.6 Å². The Morgan fingerprint density at radius 2 is 2.00 bits per heavy atom. The van der Waals surface area contributed by atoms with Crippen LogP contribution in [0.25, 0.3) is 0 Å². The zero-order chi connectivity index (χ0) is 15.7. The van der Waals surface area contributed by atoms with Crippen molar-refractivity contribution in [2.45, 2.75) is 38.1 Å². The van der Waals surface area contributed by atoms with E-state index in [1.165, 1.54) is 6.07 Å². The van der Waals surface area contributed by atoms with Crippen molar-refractivity contribution in [2.24, 2.45) is 17.8 Å². The molecule has 3 nitrogen and oxygen atoms in total. The molecule has 0 aromatic heterocycles. The van der Waals surface area contributed by atoms with E-state index in [2.05, 4.69) is 5.32 Å². The number of aryl methyl sites for hydroxylation is 1. The summed E-state index contributed by atoms with van der Waals surface area (Å²) >= 11 is 0. The van der Waals surface area contributed by atoms with E-state index in [1.807, 2.05) is 0 Å². The summed E-state index contributed by atoms with van der Waals surface area (Å²) in [5.41, 5.74) is 0.612. The molecule has 2 fully saturated rings. The molecule has 1 aromatic rings. The molecule has 0 saturated heterocycles. The number of halogens is 2. The second-order valence-electron chi connectivity index (χ2n) is 6.52. The fraction of sp³-hybridized carbons (Fsp3) is 0.588. The summed E-state index contributed by atoms with van der Waals surface area (Å²) < 4.78 is 26.0. The molecule has 5 heteroatoms. The minimum Gasteiger partial charge on any atom is -0.396 e. The molecule has 2 aliphatic rings. The third-order valence-electron chi connectivity index (χ3n) is 5.25. The van der Waals surface area contributed by atoms with Gasteiger partial charge in [0.2, 0.25) is 5.91 Å². The van der Waals surface area contributed by atoms with E-state index in [9.17, 15) is 18.7 Å². The van der Waals surface area contributed by atoms with Gasteiger partial charge in [-0.3, -0.25) is 4.79 Å². The van der Waals surface area contributed by atoms with Crippen molar-refractivity contribution in [3.05, 3.63) is 35.4 Å². The molecular formula is C17H21F2NO2. The van der Waals surface area contributed by atoms with Crippen molar-refractivity contribution in [3.8, 4) is 0 Å². The van der Waals surface area contributed by atoms with Gasteiger partial charge < -0.3 is 10.4 Å². The van der Waals surface area contributed by atoms with Crippen molar-refractivity contribution in [3.63, 3.8) is 0 Å². The Morgan fingerprint density at radius 3 is 2.73 bits per heavy atom. The molecule has 2 N–H and O–H groups in total. The molecule has 0 radical (unpaired) electrons. The molecule has 2 bridgehead atoms. The van der Waals surface area contributed by atoms with Gasteiger partial charge in [0.1, 0.15) is 0 Å². The van der Waals surface area contributed by atoms with Crippen molar-refractivity contribution in [2.75, 3.05) is 6.61 Å². The number of aliphatic hydroxyl groups excluding tert-OH is 1. The van der Waals surface area contributed by atoms with E-state index >= 15 is 0 Å². The van der Waals surface area contributed by atoms with E-state index in [1.54, 1.807) is 0 Å². The van der Waals surface area contributed by atoms with E-state index < -0.39 is 11.6 Å². The quantitative estimate of drug-likeness (QED) is 0.877. The Balaban J connectivity index is 1.53. The first kappa shape index (κ1) is 15.4. The van der Waals surface area contributed by atoms with Gasteiger partial charge in [-0.05, 0) is 55.2 Å². The predicted molar refractivity (Wildman–Crippen MR) is 78.0 cm³/mol. The summed E-state index contributed by atoms with van der Waals surface area (Å²) in [7, 11) is 0. The Labute approximate surface area is 128 Å². The Bertz CT molecular complexity index is 564. The van der Waals surface area contributed by atoms with Gasteiger partial charge in [0.05, 0.1) is 0 Å². The molecule has 1 amide bonds. The molecule has 120 valence electrons. The Morgan fingerprint density at radius 1 is 1.23 bits per heavy atom. The van der Waals surface area contributed by atoms with Crippen molar-refractivity contribution >= 4 is 5.91 Å². The lowest BCUT2D eigenvalue weighted by Gasteiger charge is -2.30. The molecule has 1 aromatic carbocycles. The summed E-state index contributed by atoms with van der Waals surface area (Å²) in [5.74, 6) is -0.653. The summed E-state index contributed by atoms with van der Waals surface area (Å²) in [6, 6.07) is 3.79. The standard InChI is InChI=1S/C17H21F2NO2/c18-14-5-1-10(7-15(14)19)2-6-16(22)20-17-12-4-3-11(8-12)13(17)9-21/h1,5,7,11-13,17,21H,2-4,6,8-9H2,(H,20,22). The number of fused-ring (bicyclic) bond motifs is 2. The summed E-state index contributed by atoms with van der Waals surface area (Å²) in [5, 5.41) is 12.5. The minimum atomic E-state index is -0.883.